The smallest absolute Gasteiger partial charge is 0.164 e. The largest absolute Gasteiger partial charge is 0.299 e. The SMILES string of the molecule is C[C@]12CCC(=O)C(c3cccs3)=C1CC[C@@H]1[C@@H]2CC[C@]2(C)C(=O)CC[C@@H]12. The molecule has 0 bridgehead atoms. The summed E-state index contributed by atoms with van der Waals surface area (Å²) in [7, 11) is 0. The fourth-order valence-electron chi connectivity index (χ4n) is 7.19. The fourth-order valence-corrected chi connectivity index (χ4v) is 8.01. The van der Waals surface area contributed by atoms with Crippen molar-refractivity contribution in [3.63, 3.8) is 0 Å². The molecule has 1 heterocycles. The number of carbonyl (C=O) groups is 2. The van der Waals surface area contributed by atoms with Crippen LogP contribution in [0.15, 0.2) is 23.1 Å². The van der Waals surface area contributed by atoms with E-state index in [1.165, 1.54) is 16.9 Å². The van der Waals surface area contributed by atoms with Crippen LogP contribution in [0, 0.1) is 28.6 Å². The Hall–Kier alpha value is -1.22. The lowest BCUT2D eigenvalue weighted by molar-refractivity contribution is -0.132. The molecule has 26 heavy (non-hydrogen) atoms. The van der Waals surface area contributed by atoms with Gasteiger partial charge in [-0.1, -0.05) is 25.5 Å². The van der Waals surface area contributed by atoms with E-state index in [1.54, 1.807) is 11.3 Å². The molecule has 4 aliphatic rings. The summed E-state index contributed by atoms with van der Waals surface area (Å²) in [4.78, 5) is 26.6. The summed E-state index contributed by atoms with van der Waals surface area (Å²) in [6.45, 7) is 4.69. The topological polar surface area (TPSA) is 34.1 Å². The highest BCUT2D eigenvalue weighted by Gasteiger charge is 2.59. The van der Waals surface area contributed by atoms with Gasteiger partial charge in [-0.2, -0.15) is 0 Å². The standard InChI is InChI=1S/C23H28O2S/c1-22-12-10-18(24)21(19-4-3-13-26-19)17(22)6-5-14-15-7-8-20(25)23(15,2)11-9-16(14)22/h3-4,13-16H,5-12H2,1-2H3/t14-,15-,16-,22+,23-/m0/s1. The Balaban J connectivity index is 1.58. The molecule has 5 atom stereocenters. The van der Waals surface area contributed by atoms with Gasteiger partial charge in [0.1, 0.15) is 5.78 Å². The van der Waals surface area contributed by atoms with Gasteiger partial charge < -0.3 is 0 Å². The number of hydrogen-bond donors (Lipinski definition) is 0. The molecule has 2 nitrogen and oxygen atoms in total. The molecule has 0 saturated heterocycles. The molecule has 3 heteroatoms. The average Bonchev–Trinajstić information content (AvgIpc) is 3.24. The van der Waals surface area contributed by atoms with Gasteiger partial charge >= 0.3 is 0 Å². The maximum Gasteiger partial charge on any atom is 0.164 e. The summed E-state index contributed by atoms with van der Waals surface area (Å²) in [5.74, 6) is 2.78. The molecule has 3 saturated carbocycles. The van der Waals surface area contributed by atoms with Crippen LogP contribution < -0.4 is 0 Å². The number of rotatable bonds is 1. The summed E-state index contributed by atoms with van der Waals surface area (Å²) in [5, 5.41) is 2.09. The highest BCUT2D eigenvalue weighted by molar-refractivity contribution is 7.11. The summed E-state index contributed by atoms with van der Waals surface area (Å²) in [6, 6.07) is 4.19. The molecule has 0 spiro atoms. The van der Waals surface area contributed by atoms with Crippen molar-refractivity contribution in [3.8, 4) is 0 Å². The van der Waals surface area contributed by atoms with Crippen LogP contribution in [0.4, 0.5) is 0 Å². The Bertz CT molecular complexity index is 804. The van der Waals surface area contributed by atoms with E-state index in [-0.39, 0.29) is 10.8 Å². The molecule has 5 rings (SSSR count). The third-order valence-corrected chi connectivity index (χ3v) is 9.49. The zero-order chi connectivity index (χ0) is 18.1. The van der Waals surface area contributed by atoms with E-state index in [9.17, 15) is 9.59 Å². The van der Waals surface area contributed by atoms with Crippen molar-refractivity contribution in [1.82, 2.24) is 0 Å². The molecular weight excluding hydrogens is 340 g/mol. The van der Waals surface area contributed by atoms with Gasteiger partial charge in [0.25, 0.3) is 0 Å². The summed E-state index contributed by atoms with van der Waals surface area (Å²) in [5.41, 5.74) is 2.61. The molecule has 3 fully saturated rings. The first-order valence-corrected chi connectivity index (χ1v) is 11.2. The Morgan fingerprint density at radius 1 is 0.962 bits per heavy atom. The molecule has 0 unspecified atom stereocenters. The van der Waals surface area contributed by atoms with Crippen molar-refractivity contribution >= 4 is 28.5 Å². The van der Waals surface area contributed by atoms with Crippen LogP contribution in [-0.2, 0) is 9.59 Å². The van der Waals surface area contributed by atoms with Crippen LogP contribution in [0.5, 0.6) is 0 Å². The van der Waals surface area contributed by atoms with Crippen molar-refractivity contribution < 1.29 is 9.59 Å². The summed E-state index contributed by atoms with van der Waals surface area (Å²) < 4.78 is 0. The predicted molar refractivity (Wildman–Crippen MR) is 105 cm³/mol. The van der Waals surface area contributed by atoms with Gasteiger partial charge in [0, 0.05) is 28.7 Å². The van der Waals surface area contributed by atoms with Crippen molar-refractivity contribution in [2.24, 2.45) is 28.6 Å². The maximum atomic E-state index is 12.8. The van der Waals surface area contributed by atoms with Crippen molar-refractivity contribution in [1.29, 1.82) is 0 Å². The van der Waals surface area contributed by atoms with Gasteiger partial charge in [-0.3, -0.25) is 9.59 Å². The van der Waals surface area contributed by atoms with Crippen LogP contribution in [0.1, 0.15) is 70.1 Å². The Morgan fingerprint density at radius 2 is 1.77 bits per heavy atom. The van der Waals surface area contributed by atoms with Gasteiger partial charge in [0.05, 0.1) is 0 Å². The lowest BCUT2D eigenvalue weighted by Gasteiger charge is -2.57. The molecule has 1 aromatic rings. The first-order chi connectivity index (χ1) is 12.4. The van der Waals surface area contributed by atoms with Gasteiger partial charge in [-0.15, -0.1) is 11.3 Å². The Kier molecular flexibility index (Phi) is 3.67. The van der Waals surface area contributed by atoms with Crippen LogP contribution in [0.2, 0.25) is 0 Å². The van der Waals surface area contributed by atoms with Gasteiger partial charge in [-0.25, -0.2) is 0 Å². The van der Waals surface area contributed by atoms with Crippen molar-refractivity contribution in [2.75, 3.05) is 0 Å². The first kappa shape index (κ1) is 16.9. The van der Waals surface area contributed by atoms with Crippen molar-refractivity contribution in [2.45, 2.75) is 65.2 Å². The Morgan fingerprint density at radius 3 is 2.54 bits per heavy atom. The zero-order valence-corrected chi connectivity index (χ0v) is 16.7. The lowest BCUT2D eigenvalue weighted by Crippen LogP contribution is -2.51. The number of carbonyl (C=O) groups excluding carboxylic acids is 2. The first-order valence-electron chi connectivity index (χ1n) is 10.3. The lowest BCUT2D eigenvalue weighted by atomic mass is 9.47. The minimum absolute atomic E-state index is 0.0557. The molecule has 0 N–H and O–H groups in total. The zero-order valence-electron chi connectivity index (χ0n) is 15.8. The normalized spacial score (nSPS) is 42.5. The molecular formula is C23H28O2S. The van der Waals surface area contributed by atoms with Crippen molar-refractivity contribution in [3.05, 3.63) is 28.0 Å². The van der Waals surface area contributed by atoms with Gasteiger partial charge in [0.2, 0.25) is 0 Å². The minimum Gasteiger partial charge on any atom is -0.299 e. The van der Waals surface area contributed by atoms with Crippen LogP contribution in [-0.4, -0.2) is 11.6 Å². The van der Waals surface area contributed by atoms with E-state index in [4.69, 9.17) is 0 Å². The third kappa shape index (κ3) is 2.10. The van der Waals surface area contributed by atoms with Gasteiger partial charge in [-0.05, 0) is 73.1 Å². The second-order valence-corrected chi connectivity index (χ2v) is 10.5. The summed E-state index contributed by atoms with van der Waals surface area (Å²) in [6.07, 6.45) is 8.04. The molecule has 0 aromatic carbocycles. The molecule has 4 aliphatic carbocycles. The Labute approximate surface area is 160 Å². The number of Topliss-reactive ketones (excluding diaryl/α,β-unsaturated/α-hetero) is 2. The third-order valence-electron chi connectivity index (χ3n) is 8.60. The quantitative estimate of drug-likeness (QED) is 0.639. The molecule has 1 aromatic heterocycles. The molecule has 0 amide bonds. The molecule has 138 valence electrons. The number of thiophene rings is 1. The predicted octanol–water partition coefficient (Wildman–Crippen LogP) is 5.68. The number of hydrogen-bond acceptors (Lipinski definition) is 3. The van der Waals surface area contributed by atoms with Crippen LogP contribution in [0.3, 0.4) is 0 Å². The van der Waals surface area contributed by atoms with E-state index >= 15 is 0 Å². The second kappa shape index (κ2) is 5.64. The highest BCUT2D eigenvalue weighted by atomic mass is 32.1. The second-order valence-electron chi connectivity index (χ2n) is 9.51. The number of ketones is 2. The molecule has 0 aliphatic heterocycles. The number of allylic oxidation sites excluding steroid dienone is 1. The highest BCUT2D eigenvalue weighted by Crippen LogP contribution is 2.65. The van der Waals surface area contributed by atoms with Crippen LogP contribution >= 0.6 is 11.3 Å². The van der Waals surface area contributed by atoms with Gasteiger partial charge in [0.15, 0.2) is 5.78 Å². The van der Waals surface area contributed by atoms with E-state index in [1.807, 2.05) is 0 Å². The van der Waals surface area contributed by atoms with E-state index in [2.05, 4.69) is 31.4 Å². The minimum atomic E-state index is -0.0557. The fraction of sp³-hybridized carbons (Fsp3) is 0.652. The van der Waals surface area contributed by atoms with Crippen LogP contribution in [0.25, 0.3) is 5.57 Å². The van der Waals surface area contributed by atoms with E-state index in [0.29, 0.717) is 35.7 Å². The maximum absolute atomic E-state index is 12.8. The van der Waals surface area contributed by atoms with E-state index in [0.717, 1.165) is 44.1 Å². The molecule has 0 radical (unpaired) electrons. The monoisotopic (exact) mass is 368 g/mol. The summed E-state index contributed by atoms with van der Waals surface area (Å²) >= 11 is 1.71. The number of fused-ring (bicyclic) bond motifs is 5. The van der Waals surface area contributed by atoms with E-state index < -0.39 is 0 Å². The average molecular weight is 369 g/mol.